The zero-order valence-corrected chi connectivity index (χ0v) is 11.7. The summed E-state index contributed by atoms with van der Waals surface area (Å²) in [5.74, 6) is 0.849. The Morgan fingerprint density at radius 3 is 2.22 bits per heavy atom. The van der Waals surface area contributed by atoms with Crippen molar-refractivity contribution in [1.29, 1.82) is 0 Å². The Hall–Kier alpha value is -1.67. The number of methoxy groups -OCH3 is 1. The fourth-order valence-corrected chi connectivity index (χ4v) is 2.33. The van der Waals surface area contributed by atoms with Gasteiger partial charge in [0.25, 0.3) is 0 Å². The lowest BCUT2D eigenvalue weighted by Crippen LogP contribution is -2.02. The normalized spacial score (nSPS) is 10.2. The van der Waals surface area contributed by atoms with Gasteiger partial charge in [-0.05, 0) is 54.8 Å². The lowest BCUT2D eigenvalue weighted by Gasteiger charge is -2.09. The van der Waals surface area contributed by atoms with Crippen LogP contribution >= 0.6 is 12.2 Å². The zero-order chi connectivity index (χ0) is 13.1. The minimum absolute atomic E-state index is 0.849. The summed E-state index contributed by atoms with van der Waals surface area (Å²) in [6.45, 7) is 4.19. The number of hydrogen-bond acceptors (Lipinski definition) is 2. The molecule has 2 rings (SSSR count). The van der Waals surface area contributed by atoms with Crippen LogP contribution < -0.4 is 4.74 Å². The van der Waals surface area contributed by atoms with E-state index in [1.165, 1.54) is 11.1 Å². The Morgan fingerprint density at radius 2 is 1.67 bits per heavy atom. The smallest absolute Gasteiger partial charge is 0.118 e. The highest BCUT2D eigenvalue weighted by Crippen LogP contribution is 2.19. The number of ether oxygens (including phenoxy) is 1. The van der Waals surface area contributed by atoms with E-state index in [2.05, 4.69) is 32.0 Å². The SMILES string of the molecule is COc1ccc(C(=S)c2ccc(C)cc2C)cc1. The van der Waals surface area contributed by atoms with Crippen LogP contribution in [0.25, 0.3) is 0 Å². The van der Waals surface area contributed by atoms with E-state index in [-0.39, 0.29) is 0 Å². The van der Waals surface area contributed by atoms with Crippen LogP contribution in [0.5, 0.6) is 5.75 Å². The summed E-state index contributed by atoms with van der Waals surface area (Å²) in [7, 11) is 1.66. The minimum Gasteiger partial charge on any atom is -0.497 e. The molecule has 0 atom stereocenters. The molecule has 0 fully saturated rings. The van der Waals surface area contributed by atoms with Crippen LogP contribution in [0.2, 0.25) is 0 Å². The van der Waals surface area contributed by atoms with E-state index in [4.69, 9.17) is 17.0 Å². The highest BCUT2D eigenvalue weighted by molar-refractivity contribution is 7.81. The molecule has 0 amide bonds. The molecule has 0 bridgehead atoms. The van der Waals surface area contributed by atoms with Crippen molar-refractivity contribution in [2.24, 2.45) is 0 Å². The summed E-state index contributed by atoms with van der Waals surface area (Å²) in [6.07, 6.45) is 0. The van der Waals surface area contributed by atoms with Gasteiger partial charge in [0.1, 0.15) is 5.75 Å². The second kappa shape index (κ2) is 5.32. The van der Waals surface area contributed by atoms with Crippen LogP contribution in [-0.2, 0) is 0 Å². The molecule has 0 spiro atoms. The second-order valence-corrected chi connectivity index (χ2v) is 4.78. The van der Waals surface area contributed by atoms with Crippen LogP contribution in [-0.4, -0.2) is 12.0 Å². The van der Waals surface area contributed by atoms with Crippen molar-refractivity contribution in [1.82, 2.24) is 0 Å². The monoisotopic (exact) mass is 256 g/mol. The molecule has 0 radical (unpaired) electrons. The molecular weight excluding hydrogens is 240 g/mol. The quantitative estimate of drug-likeness (QED) is 0.604. The molecule has 0 aliphatic carbocycles. The van der Waals surface area contributed by atoms with Gasteiger partial charge in [0.15, 0.2) is 0 Å². The highest BCUT2D eigenvalue weighted by Gasteiger charge is 2.07. The molecule has 0 aromatic heterocycles. The van der Waals surface area contributed by atoms with Crippen molar-refractivity contribution >= 4 is 17.1 Å². The maximum Gasteiger partial charge on any atom is 0.118 e. The van der Waals surface area contributed by atoms with Gasteiger partial charge in [-0.3, -0.25) is 0 Å². The number of thiocarbonyl (C=S) groups is 1. The minimum atomic E-state index is 0.849. The summed E-state index contributed by atoms with van der Waals surface area (Å²) in [6, 6.07) is 14.2. The highest BCUT2D eigenvalue weighted by atomic mass is 32.1. The van der Waals surface area contributed by atoms with Gasteiger partial charge in [-0.1, -0.05) is 36.0 Å². The van der Waals surface area contributed by atoms with Gasteiger partial charge < -0.3 is 4.74 Å². The predicted molar refractivity (Wildman–Crippen MR) is 79.7 cm³/mol. The molecule has 18 heavy (non-hydrogen) atoms. The van der Waals surface area contributed by atoms with E-state index in [0.717, 1.165) is 21.7 Å². The van der Waals surface area contributed by atoms with Crippen molar-refractivity contribution in [3.63, 3.8) is 0 Å². The topological polar surface area (TPSA) is 9.23 Å². The summed E-state index contributed by atoms with van der Waals surface area (Å²) in [5.41, 5.74) is 4.66. The Morgan fingerprint density at radius 1 is 1.00 bits per heavy atom. The zero-order valence-electron chi connectivity index (χ0n) is 10.9. The maximum atomic E-state index is 5.56. The van der Waals surface area contributed by atoms with Gasteiger partial charge in [0, 0.05) is 0 Å². The van der Waals surface area contributed by atoms with Crippen LogP contribution in [0.4, 0.5) is 0 Å². The summed E-state index contributed by atoms with van der Waals surface area (Å²) >= 11 is 5.56. The molecule has 2 aromatic rings. The first-order valence-corrected chi connectivity index (χ1v) is 6.28. The largest absolute Gasteiger partial charge is 0.497 e. The van der Waals surface area contributed by atoms with Crippen molar-refractivity contribution in [2.75, 3.05) is 7.11 Å². The van der Waals surface area contributed by atoms with Crippen LogP contribution in [0.1, 0.15) is 22.3 Å². The van der Waals surface area contributed by atoms with Gasteiger partial charge >= 0.3 is 0 Å². The molecule has 0 aliphatic heterocycles. The van der Waals surface area contributed by atoms with E-state index < -0.39 is 0 Å². The molecule has 1 nitrogen and oxygen atoms in total. The molecular formula is C16H16OS. The maximum absolute atomic E-state index is 5.56. The van der Waals surface area contributed by atoms with E-state index >= 15 is 0 Å². The lowest BCUT2D eigenvalue weighted by atomic mass is 9.98. The third-order valence-corrected chi connectivity index (χ3v) is 3.43. The van der Waals surface area contributed by atoms with Gasteiger partial charge in [0.05, 0.1) is 12.0 Å². The number of benzene rings is 2. The van der Waals surface area contributed by atoms with E-state index in [9.17, 15) is 0 Å². The second-order valence-electron chi connectivity index (χ2n) is 4.38. The van der Waals surface area contributed by atoms with Crippen LogP contribution in [0, 0.1) is 13.8 Å². The average molecular weight is 256 g/mol. The summed E-state index contributed by atoms with van der Waals surface area (Å²) < 4.78 is 5.15. The van der Waals surface area contributed by atoms with Crippen molar-refractivity contribution in [3.8, 4) is 5.75 Å². The van der Waals surface area contributed by atoms with Crippen molar-refractivity contribution < 1.29 is 4.74 Å². The van der Waals surface area contributed by atoms with E-state index in [0.29, 0.717) is 0 Å². The van der Waals surface area contributed by atoms with Gasteiger partial charge in [-0.25, -0.2) is 0 Å². The predicted octanol–water partition coefficient (Wildman–Crippen LogP) is 4.08. The number of rotatable bonds is 3. The number of aryl methyl sites for hydroxylation is 2. The number of hydrogen-bond donors (Lipinski definition) is 0. The van der Waals surface area contributed by atoms with Crippen LogP contribution in [0.15, 0.2) is 42.5 Å². The fourth-order valence-electron chi connectivity index (χ4n) is 1.97. The molecule has 2 heteroatoms. The van der Waals surface area contributed by atoms with E-state index in [1.807, 2.05) is 24.3 Å². The molecule has 0 aliphatic rings. The first kappa shape index (κ1) is 12.8. The summed E-state index contributed by atoms with van der Waals surface area (Å²) in [5, 5.41) is 0. The standard InChI is InChI=1S/C16H16OS/c1-11-4-9-15(12(2)10-11)16(18)13-5-7-14(17-3)8-6-13/h4-10H,1-3H3. The summed E-state index contributed by atoms with van der Waals surface area (Å²) in [4.78, 5) is 0.884. The molecule has 92 valence electrons. The molecule has 0 heterocycles. The molecule has 2 aromatic carbocycles. The molecule has 0 saturated heterocycles. The molecule has 0 N–H and O–H groups in total. The first-order chi connectivity index (χ1) is 8.61. The van der Waals surface area contributed by atoms with Crippen molar-refractivity contribution in [3.05, 3.63) is 64.7 Å². The van der Waals surface area contributed by atoms with Gasteiger partial charge in [-0.15, -0.1) is 0 Å². The Labute approximate surface area is 113 Å². The third kappa shape index (κ3) is 2.59. The van der Waals surface area contributed by atoms with Crippen molar-refractivity contribution in [2.45, 2.75) is 13.8 Å². The first-order valence-electron chi connectivity index (χ1n) is 5.88. The van der Waals surface area contributed by atoms with Crippen LogP contribution in [0.3, 0.4) is 0 Å². The molecule has 0 unspecified atom stereocenters. The Balaban J connectivity index is 2.35. The third-order valence-electron chi connectivity index (χ3n) is 2.98. The van der Waals surface area contributed by atoms with Gasteiger partial charge in [0.2, 0.25) is 0 Å². The van der Waals surface area contributed by atoms with Gasteiger partial charge in [-0.2, -0.15) is 0 Å². The molecule has 0 saturated carbocycles. The Bertz CT molecular complexity index is 570. The van der Waals surface area contributed by atoms with E-state index in [1.54, 1.807) is 7.11 Å². The Kier molecular flexibility index (Phi) is 3.78. The average Bonchev–Trinajstić information content (AvgIpc) is 2.38. The fraction of sp³-hybridized carbons (Fsp3) is 0.188. The lowest BCUT2D eigenvalue weighted by molar-refractivity contribution is 0.415.